The van der Waals surface area contributed by atoms with Crippen molar-refractivity contribution in [1.82, 2.24) is 5.32 Å². The zero-order valence-electron chi connectivity index (χ0n) is 10.8. The van der Waals surface area contributed by atoms with Crippen molar-refractivity contribution >= 4 is 24.0 Å². The van der Waals surface area contributed by atoms with E-state index in [1.54, 1.807) is 0 Å². The zero-order valence-corrected chi connectivity index (χ0v) is 11.6. The first kappa shape index (κ1) is 15.9. The first-order valence-electron chi connectivity index (χ1n) is 5.58. The highest BCUT2D eigenvalue weighted by molar-refractivity contribution is 5.93. The SMILES string of the molecule is CNCC(C)C(=O)Nc1cccc(C)c1C.Cl. The molecule has 0 fully saturated rings. The summed E-state index contributed by atoms with van der Waals surface area (Å²) in [4.78, 5) is 11.8. The van der Waals surface area contributed by atoms with Crippen LogP contribution in [0.5, 0.6) is 0 Å². The molecule has 1 aromatic rings. The maximum Gasteiger partial charge on any atom is 0.228 e. The van der Waals surface area contributed by atoms with E-state index in [0.717, 1.165) is 11.3 Å². The van der Waals surface area contributed by atoms with Gasteiger partial charge in [0.2, 0.25) is 5.91 Å². The molecule has 1 amide bonds. The number of aryl methyl sites for hydroxylation is 1. The van der Waals surface area contributed by atoms with Crippen LogP contribution in [0.2, 0.25) is 0 Å². The summed E-state index contributed by atoms with van der Waals surface area (Å²) < 4.78 is 0. The van der Waals surface area contributed by atoms with Gasteiger partial charge in [-0.05, 0) is 38.1 Å². The maximum atomic E-state index is 11.8. The minimum absolute atomic E-state index is 0. The second kappa shape index (κ2) is 7.30. The minimum atomic E-state index is -0.0232. The summed E-state index contributed by atoms with van der Waals surface area (Å²) >= 11 is 0. The van der Waals surface area contributed by atoms with Crippen molar-refractivity contribution in [3.8, 4) is 0 Å². The summed E-state index contributed by atoms with van der Waals surface area (Å²) in [7, 11) is 1.85. The van der Waals surface area contributed by atoms with Gasteiger partial charge in [0.1, 0.15) is 0 Å². The standard InChI is InChI=1S/C13H20N2O.ClH/c1-9-6-5-7-12(11(9)3)15-13(16)10(2)8-14-4;/h5-7,10,14H,8H2,1-4H3,(H,15,16);1H. The van der Waals surface area contributed by atoms with Crippen LogP contribution >= 0.6 is 12.4 Å². The molecule has 0 spiro atoms. The Hall–Kier alpha value is -1.06. The van der Waals surface area contributed by atoms with Gasteiger partial charge in [0.15, 0.2) is 0 Å². The van der Waals surface area contributed by atoms with Gasteiger partial charge in [0.05, 0.1) is 0 Å². The van der Waals surface area contributed by atoms with Crippen molar-refractivity contribution in [1.29, 1.82) is 0 Å². The number of anilines is 1. The molecule has 1 rings (SSSR count). The van der Waals surface area contributed by atoms with E-state index in [2.05, 4.69) is 10.6 Å². The lowest BCUT2D eigenvalue weighted by atomic mass is 10.1. The number of halogens is 1. The molecule has 0 radical (unpaired) electrons. The molecule has 17 heavy (non-hydrogen) atoms. The molecule has 3 nitrogen and oxygen atoms in total. The lowest BCUT2D eigenvalue weighted by molar-refractivity contribution is -0.119. The zero-order chi connectivity index (χ0) is 12.1. The van der Waals surface area contributed by atoms with Crippen LogP contribution in [0.3, 0.4) is 0 Å². The number of benzene rings is 1. The normalized spacial score (nSPS) is 11.5. The highest BCUT2D eigenvalue weighted by atomic mass is 35.5. The predicted molar refractivity (Wildman–Crippen MR) is 74.9 cm³/mol. The van der Waals surface area contributed by atoms with Crippen LogP contribution in [0.15, 0.2) is 18.2 Å². The van der Waals surface area contributed by atoms with E-state index < -0.39 is 0 Å². The summed E-state index contributed by atoms with van der Waals surface area (Å²) in [6.45, 7) is 6.67. The molecule has 96 valence electrons. The number of nitrogens with one attached hydrogen (secondary N) is 2. The Morgan fingerprint density at radius 2 is 2.00 bits per heavy atom. The van der Waals surface area contributed by atoms with Crippen LogP contribution in [0.1, 0.15) is 18.1 Å². The average Bonchev–Trinajstić information content (AvgIpc) is 2.25. The fourth-order valence-corrected chi connectivity index (χ4v) is 1.54. The molecule has 1 unspecified atom stereocenters. The Bertz CT molecular complexity index is 380. The fraction of sp³-hybridized carbons (Fsp3) is 0.462. The van der Waals surface area contributed by atoms with Crippen molar-refractivity contribution in [3.63, 3.8) is 0 Å². The molecule has 4 heteroatoms. The summed E-state index contributed by atoms with van der Waals surface area (Å²) in [5, 5.41) is 5.96. The molecular formula is C13H21ClN2O. The molecular weight excluding hydrogens is 236 g/mol. The fourth-order valence-electron chi connectivity index (χ4n) is 1.54. The number of carbonyl (C=O) groups is 1. The van der Waals surface area contributed by atoms with Gasteiger partial charge in [0.25, 0.3) is 0 Å². The molecule has 1 atom stereocenters. The summed E-state index contributed by atoms with van der Waals surface area (Å²) in [6.07, 6.45) is 0. The molecule has 0 saturated carbocycles. The van der Waals surface area contributed by atoms with Crippen molar-refractivity contribution < 1.29 is 4.79 Å². The molecule has 2 N–H and O–H groups in total. The quantitative estimate of drug-likeness (QED) is 0.869. The van der Waals surface area contributed by atoms with E-state index >= 15 is 0 Å². The van der Waals surface area contributed by atoms with E-state index in [1.807, 2.05) is 46.0 Å². The maximum absolute atomic E-state index is 11.8. The van der Waals surface area contributed by atoms with Gasteiger partial charge in [0, 0.05) is 18.2 Å². The Labute approximate surface area is 109 Å². The summed E-state index contributed by atoms with van der Waals surface area (Å²) in [6, 6.07) is 5.94. The smallest absolute Gasteiger partial charge is 0.228 e. The number of rotatable bonds is 4. The second-order valence-corrected chi connectivity index (χ2v) is 4.20. The molecule has 1 aromatic carbocycles. The van der Waals surface area contributed by atoms with E-state index in [0.29, 0.717) is 6.54 Å². The van der Waals surface area contributed by atoms with E-state index in [9.17, 15) is 4.79 Å². The number of hydrogen-bond donors (Lipinski definition) is 2. The molecule has 0 aliphatic carbocycles. The third-order valence-corrected chi connectivity index (χ3v) is 2.82. The van der Waals surface area contributed by atoms with Gasteiger partial charge < -0.3 is 10.6 Å². The van der Waals surface area contributed by atoms with E-state index in [4.69, 9.17) is 0 Å². The Morgan fingerprint density at radius 3 is 2.59 bits per heavy atom. The Kier molecular flexibility index (Phi) is 6.85. The molecule has 0 bridgehead atoms. The highest BCUT2D eigenvalue weighted by Crippen LogP contribution is 2.18. The van der Waals surface area contributed by atoms with Crippen LogP contribution in [-0.4, -0.2) is 19.5 Å². The highest BCUT2D eigenvalue weighted by Gasteiger charge is 2.12. The number of amides is 1. The van der Waals surface area contributed by atoms with Crippen molar-refractivity contribution in [2.45, 2.75) is 20.8 Å². The van der Waals surface area contributed by atoms with Crippen molar-refractivity contribution in [3.05, 3.63) is 29.3 Å². The monoisotopic (exact) mass is 256 g/mol. The van der Waals surface area contributed by atoms with Gasteiger partial charge in [-0.15, -0.1) is 12.4 Å². The number of carbonyl (C=O) groups excluding carboxylic acids is 1. The van der Waals surface area contributed by atoms with Crippen LogP contribution in [-0.2, 0) is 4.79 Å². The molecule has 0 aromatic heterocycles. The molecule has 0 saturated heterocycles. The largest absolute Gasteiger partial charge is 0.326 e. The third kappa shape index (κ3) is 4.36. The van der Waals surface area contributed by atoms with Crippen LogP contribution < -0.4 is 10.6 Å². The van der Waals surface area contributed by atoms with Crippen LogP contribution in [0.25, 0.3) is 0 Å². The third-order valence-electron chi connectivity index (χ3n) is 2.82. The van der Waals surface area contributed by atoms with Gasteiger partial charge in [-0.25, -0.2) is 0 Å². The van der Waals surface area contributed by atoms with Crippen molar-refractivity contribution in [2.75, 3.05) is 18.9 Å². The summed E-state index contributed by atoms with van der Waals surface area (Å²) in [5.74, 6) is 0.0352. The second-order valence-electron chi connectivity index (χ2n) is 4.20. The first-order valence-corrected chi connectivity index (χ1v) is 5.58. The van der Waals surface area contributed by atoms with E-state index in [1.165, 1.54) is 5.56 Å². The lowest BCUT2D eigenvalue weighted by Crippen LogP contribution is -2.28. The van der Waals surface area contributed by atoms with Gasteiger partial charge in [-0.3, -0.25) is 4.79 Å². The number of hydrogen-bond acceptors (Lipinski definition) is 2. The van der Waals surface area contributed by atoms with Crippen molar-refractivity contribution in [2.24, 2.45) is 5.92 Å². The van der Waals surface area contributed by atoms with Gasteiger partial charge >= 0.3 is 0 Å². The molecule has 0 heterocycles. The molecule has 0 aliphatic heterocycles. The Balaban J connectivity index is 0.00000256. The van der Waals surface area contributed by atoms with Crippen LogP contribution in [0, 0.1) is 19.8 Å². The van der Waals surface area contributed by atoms with Gasteiger partial charge in [-0.2, -0.15) is 0 Å². The lowest BCUT2D eigenvalue weighted by Gasteiger charge is -2.14. The van der Waals surface area contributed by atoms with E-state index in [-0.39, 0.29) is 24.2 Å². The Morgan fingerprint density at radius 1 is 1.35 bits per heavy atom. The van der Waals surface area contributed by atoms with Crippen LogP contribution in [0.4, 0.5) is 5.69 Å². The average molecular weight is 257 g/mol. The van der Waals surface area contributed by atoms with Gasteiger partial charge in [-0.1, -0.05) is 19.1 Å². The summed E-state index contributed by atoms with van der Waals surface area (Å²) in [5.41, 5.74) is 3.24. The predicted octanol–water partition coefficient (Wildman–Crippen LogP) is 2.52. The minimum Gasteiger partial charge on any atom is -0.326 e. The topological polar surface area (TPSA) is 41.1 Å². The first-order chi connectivity index (χ1) is 7.56. The molecule has 0 aliphatic rings.